The third kappa shape index (κ3) is 5.26. The molecule has 1 fully saturated rings. The standard InChI is InChI=1S/C18H24ClNO5/c1-18(2,3)25-17(22)20-10-6-9-14(20)15(19)24-13-8-5-7-12(11-13)16(21)23-4/h5,7-8,11,14-15H,6,9-10H2,1-4H3. The van der Waals surface area contributed by atoms with Gasteiger partial charge in [0, 0.05) is 6.54 Å². The molecule has 0 radical (unpaired) electrons. The third-order valence-corrected chi connectivity index (χ3v) is 4.11. The summed E-state index contributed by atoms with van der Waals surface area (Å²) in [6, 6.07) is 6.29. The molecule has 0 spiro atoms. The Morgan fingerprint density at radius 1 is 1.32 bits per heavy atom. The number of likely N-dealkylation sites (tertiary alicyclic amines) is 1. The van der Waals surface area contributed by atoms with Gasteiger partial charge >= 0.3 is 12.1 Å². The van der Waals surface area contributed by atoms with E-state index < -0.39 is 23.2 Å². The number of nitrogens with zero attached hydrogens (tertiary/aromatic N) is 1. The lowest BCUT2D eigenvalue weighted by molar-refractivity contribution is 0.0162. The van der Waals surface area contributed by atoms with Crippen LogP contribution in [0.4, 0.5) is 4.79 Å². The molecule has 0 aromatic heterocycles. The average Bonchev–Trinajstić information content (AvgIpc) is 3.02. The Kier molecular flexibility index (Phi) is 6.16. The van der Waals surface area contributed by atoms with Crippen molar-refractivity contribution < 1.29 is 23.8 Å². The second-order valence-electron chi connectivity index (χ2n) is 6.87. The van der Waals surface area contributed by atoms with Crippen molar-refractivity contribution in [1.82, 2.24) is 4.90 Å². The van der Waals surface area contributed by atoms with E-state index in [9.17, 15) is 9.59 Å². The second-order valence-corrected chi connectivity index (χ2v) is 7.30. The van der Waals surface area contributed by atoms with Gasteiger partial charge in [0.2, 0.25) is 0 Å². The minimum Gasteiger partial charge on any atom is -0.472 e. The van der Waals surface area contributed by atoms with Gasteiger partial charge in [0.1, 0.15) is 11.4 Å². The molecule has 0 N–H and O–H groups in total. The van der Waals surface area contributed by atoms with Gasteiger partial charge in [-0.05, 0) is 51.8 Å². The Labute approximate surface area is 153 Å². The van der Waals surface area contributed by atoms with Crippen LogP contribution in [-0.2, 0) is 9.47 Å². The van der Waals surface area contributed by atoms with Crippen molar-refractivity contribution in [3.05, 3.63) is 29.8 Å². The summed E-state index contributed by atoms with van der Waals surface area (Å²) in [5, 5.41) is 0. The Morgan fingerprint density at radius 2 is 2.04 bits per heavy atom. The molecule has 1 aromatic carbocycles. The first-order chi connectivity index (χ1) is 11.7. The van der Waals surface area contributed by atoms with Crippen molar-refractivity contribution in [3.63, 3.8) is 0 Å². The van der Waals surface area contributed by atoms with E-state index in [-0.39, 0.29) is 6.04 Å². The lowest BCUT2D eigenvalue weighted by atomic mass is 10.2. The van der Waals surface area contributed by atoms with E-state index in [4.69, 9.17) is 25.8 Å². The maximum absolute atomic E-state index is 12.3. The smallest absolute Gasteiger partial charge is 0.410 e. The van der Waals surface area contributed by atoms with Gasteiger partial charge in [0.25, 0.3) is 0 Å². The minimum atomic E-state index is -0.747. The van der Waals surface area contributed by atoms with Crippen molar-refractivity contribution >= 4 is 23.7 Å². The first-order valence-corrected chi connectivity index (χ1v) is 8.63. The van der Waals surface area contributed by atoms with E-state index >= 15 is 0 Å². The molecule has 0 aliphatic carbocycles. The molecule has 7 heteroatoms. The van der Waals surface area contributed by atoms with E-state index in [2.05, 4.69) is 0 Å². The molecule has 2 rings (SSSR count). The Hall–Kier alpha value is -1.95. The molecule has 1 saturated heterocycles. The Morgan fingerprint density at radius 3 is 2.68 bits per heavy atom. The number of hydrogen-bond acceptors (Lipinski definition) is 5. The molecule has 1 aliphatic rings. The molecule has 0 bridgehead atoms. The first kappa shape index (κ1) is 19.4. The molecule has 2 atom stereocenters. The predicted molar refractivity (Wildman–Crippen MR) is 94.0 cm³/mol. The van der Waals surface area contributed by atoms with Crippen molar-refractivity contribution in [2.24, 2.45) is 0 Å². The number of esters is 1. The van der Waals surface area contributed by atoms with Gasteiger partial charge in [-0.15, -0.1) is 0 Å². The Bertz CT molecular complexity index is 628. The summed E-state index contributed by atoms with van der Waals surface area (Å²) < 4.78 is 15.9. The largest absolute Gasteiger partial charge is 0.472 e. The second kappa shape index (κ2) is 7.95. The highest BCUT2D eigenvalue weighted by Crippen LogP contribution is 2.28. The summed E-state index contributed by atoms with van der Waals surface area (Å²) >= 11 is 6.41. The highest BCUT2D eigenvalue weighted by atomic mass is 35.5. The molecule has 138 valence electrons. The summed E-state index contributed by atoms with van der Waals surface area (Å²) in [7, 11) is 1.32. The monoisotopic (exact) mass is 369 g/mol. The van der Waals surface area contributed by atoms with Gasteiger partial charge in [0.05, 0.1) is 18.7 Å². The number of alkyl halides is 1. The lowest BCUT2D eigenvalue weighted by Crippen LogP contribution is -2.45. The van der Waals surface area contributed by atoms with E-state index in [0.717, 1.165) is 12.8 Å². The van der Waals surface area contributed by atoms with Gasteiger partial charge in [0.15, 0.2) is 5.56 Å². The number of carbonyl (C=O) groups excluding carboxylic acids is 2. The fraction of sp³-hybridized carbons (Fsp3) is 0.556. The summed E-state index contributed by atoms with van der Waals surface area (Å²) in [4.78, 5) is 25.5. The van der Waals surface area contributed by atoms with Crippen LogP contribution in [0.2, 0.25) is 0 Å². The van der Waals surface area contributed by atoms with Crippen LogP contribution in [0.5, 0.6) is 5.75 Å². The fourth-order valence-corrected chi connectivity index (χ4v) is 3.00. The van der Waals surface area contributed by atoms with Gasteiger partial charge in [-0.25, -0.2) is 9.59 Å². The number of hydrogen-bond donors (Lipinski definition) is 0. The number of halogens is 1. The van der Waals surface area contributed by atoms with Crippen LogP contribution < -0.4 is 4.74 Å². The van der Waals surface area contributed by atoms with Crippen molar-refractivity contribution in [3.8, 4) is 5.75 Å². The summed E-state index contributed by atoms with van der Waals surface area (Å²) in [6.45, 7) is 6.04. The molecule has 1 aliphatic heterocycles. The van der Waals surface area contributed by atoms with Crippen LogP contribution in [-0.4, -0.2) is 47.8 Å². The maximum Gasteiger partial charge on any atom is 0.410 e. The van der Waals surface area contributed by atoms with Crippen molar-refractivity contribution in [1.29, 1.82) is 0 Å². The van der Waals surface area contributed by atoms with Crippen LogP contribution in [0.25, 0.3) is 0 Å². The fourth-order valence-electron chi connectivity index (χ4n) is 2.63. The van der Waals surface area contributed by atoms with Crippen LogP contribution in [0.1, 0.15) is 44.0 Å². The van der Waals surface area contributed by atoms with Crippen LogP contribution in [0, 0.1) is 0 Å². The molecule has 1 amide bonds. The van der Waals surface area contributed by atoms with Gasteiger partial charge in [-0.3, -0.25) is 0 Å². The quantitative estimate of drug-likeness (QED) is 0.596. The molecular weight excluding hydrogens is 346 g/mol. The summed E-state index contributed by atoms with van der Waals surface area (Å²) in [5.74, 6) is -0.00763. The number of ether oxygens (including phenoxy) is 3. The van der Waals surface area contributed by atoms with E-state index in [1.807, 2.05) is 20.8 Å². The molecular formula is C18H24ClNO5. The molecule has 1 heterocycles. The number of amides is 1. The third-order valence-electron chi connectivity index (χ3n) is 3.73. The zero-order chi connectivity index (χ0) is 18.6. The molecule has 0 saturated carbocycles. The zero-order valence-electron chi connectivity index (χ0n) is 15.0. The minimum absolute atomic E-state index is 0.293. The number of rotatable bonds is 4. The topological polar surface area (TPSA) is 65.1 Å². The molecule has 1 aromatic rings. The molecule has 25 heavy (non-hydrogen) atoms. The van der Waals surface area contributed by atoms with E-state index in [0.29, 0.717) is 17.9 Å². The van der Waals surface area contributed by atoms with Crippen molar-refractivity contribution in [2.45, 2.75) is 50.8 Å². The molecule has 2 unspecified atom stereocenters. The van der Waals surface area contributed by atoms with Crippen LogP contribution in [0.15, 0.2) is 24.3 Å². The van der Waals surface area contributed by atoms with Crippen molar-refractivity contribution in [2.75, 3.05) is 13.7 Å². The highest BCUT2D eigenvalue weighted by molar-refractivity contribution is 6.20. The zero-order valence-corrected chi connectivity index (χ0v) is 15.7. The average molecular weight is 370 g/mol. The van der Waals surface area contributed by atoms with Gasteiger partial charge < -0.3 is 19.1 Å². The maximum atomic E-state index is 12.3. The van der Waals surface area contributed by atoms with Crippen LogP contribution in [0.3, 0.4) is 0 Å². The first-order valence-electron chi connectivity index (χ1n) is 8.20. The molecule has 6 nitrogen and oxygen atoms in total. The summed E-state index contributed by atoms with van der Waals surface area (Å²) in [6.07, 6.45) is 1.16. The predicted octanol–water partition coefficient (Wildman–Crippen LogP) is 3.82. The number of benzene rings is 1. The lowest BCUT2D eigenvalue weighted by Gasteiger charge is -2.30. The number of carbonyl (C=O) groups is 2. The van der Waals surface area contributed by atoms with E-state index in [1.165, 1.54) is 7.11 Å². The van der Waals surface area contributed by atoms with Gasteiger partial charge in [-0.1, -0.05) is 17.7 Å². The SMILES string of the molecule is COC(=O)c1cccc(OC(Cl)C2CCCN2C(=O)OC(C)(C)C)c1. The number of methoxy groups -OCH3 is 1. The highest BCUT2D eigenvalue weighted by Gasteiger charge is 2.37. The van der Waals surface area contributed by atoms with E-state index in [1.54, 1.807) is 29.2 Å². The van der Waals surface area contributed by atoms with Crippen LogP contribution >= 0.6 is 11.6 Å². The Balaban J connectivity index is 2.05. The van der Waals surface area contributed by atoms with Gasteiger partial charge in [-0.2, -0.15) is 0 Å². The summed E-state index contributed by atoms with van der Waals surface area (Å²) in [5.41, 5.74) is -0.941. The normalized spacial score (nSPS) is 18.6.